The molecule has 3 aromatic rings. The number of rotatable bonds is 6. The number of aromatic nitrogens is 2. The molecule has 5 rings (SSSR count). The minimum Gasteiger partial charge on any atom is -0.773 e. The van der Waals surface area contributed by atoms with Crippen LogP contribution in [0, 0.1) is 24.7 Å². The van der Waals surface area contributed by atoms with E-state index in [4.69, 9.17) is 47.8 Å². The van der Waals surface area contributed by atoms with Gasteiger partial charge in [0, 0.05) is 66.4 Å². The Hall–Kier alpha value is -2.76. The van der Waals surface area contributed by atoms with Gasteiger partial charge in [0.25, 0.3) is 0 Å². The molecule has 12 heteroatoms. The van der Waals surface area contributed by atoms with Gasteiger partial charge in [-0.05, 0) is 49.9 Å². The van der Waals surface area contributed by atoms with Gasteiger partial charge in [-0.2, -0.15) is 0 Å². The summed E-state index contributed by atoms with van der Waals surface area (Å²) in [6.45, 7) is 8.26. The summed E-state index contributed by atoms with van der Waals surface area (Å²) in [4.78, 5) is 11.1. The number of nitrogens with two attached hydrogens (primary N) is 1. The van der Waals surface area contributed by atoms with Gasteiger partial charge in [0.05, 0.1) is 21.5 Å². The molecule has 0 radical (unpaired) electrons. The fourth-order valence-electron chi connectivity index (χ4n) is 4.55. The first kappa shape index (κ1) is 28.3. The van der Waals surface area contributed by atoms with E-state index >= 15 is 0 Å². The zero-order valence-corrected chi connectivity index (χ0v) is 23.6. The molecule has 0 saturated carbocycles. The standard InChI is InChI=1S/C25H26Cl2N6O.CH4O2S/c1-14-5-16(7-32-24(14)33-12-25(13-33)10-30-11-25)23(29)18-6-17(3-4-21(18)28)34-9-19-20(26)8-31-15(2)22(19)27;1-4(2)3/h3-8,29-30H,9-13,28H2,1-2H3;1H3,(H,2,3)/p-1. The lowest BCUT2D eigenvalue weighted by Gasteiger charge is -2.56. The summed E-state index contributed by atoms with van der Waals surface area (Å²) in [5.41, 5.74) is 11.1. The molecule has 4 N–H and O–H groups in total. The lowest BCUT2D eigenvalue weighted by atomic mass is 9.74. The summed E-state index contributed by atoms with van der Waals surface area (Å²) >= 11 is 10.7. The number of benzene rings is 1. The van der Waals surface area contributed by atoms with Gasteiger partial charge in [-0.3, -0.25) is 14.6 Å². The van der Waals surface area contributed by atoms with E-state index in [9.17, 15) is 0 Å². The predicted molar refractivity (Wildman–Crippen MR) is 151 cm³/mol. The van der Waals surface area contributed by atoms with Crippen molar-refractivity contribution in [2.75, 3.05) is 43.1 Å². The summed E-state index contributed by atoms with van der Waals surface area (Å²) < 4.78 is 23.9. The number of halogens is 2. The molecule has 2 fully saturated rings. The lowest BCUT2D eigenvalue weighted by Crippen LogP contribution is -2.71. The van der Waals surface area contributed by atoms with Crippen LogP contribution < -0.4 is 20.7 Å². The van der Waals surface area contributed by atoms with Gasteiger partial charge in [0.15, 0.2) is 0 Å². The third kappa shape index (κ3) is 6.10. The topological polar surface area (TPSA) is 140 Å². The Labute approximate surface area is 234 Å². The first-order valence-electron chi connectivity index (χ1n) is 11.8. The van der Waals surface area contributed by atoms with E-state index in [0.717, 1.165) is 43.8 Å². The normalized spacial score (nSPS) is 16.1. The number of nitrogen functional groups attached to an aromatic ring is 1. The van der Waals surface area contributed by atoms with Gasteiger partial charge in [0.1, 0.15) is 18.2 Å². The molecular weight excluding hydrogens is 547 g/mol. The maximum Gasteiger partial charge on any atom is 0.131 e. The number of ether oxygens (including phenoxy) is 1. The van der Waals surface area contributed by atoms with Crippen LogP contribution in [-0.2, 0) is 17.7 Å². The van der Waals surface area contributed by atoms with Crippen molar-refractivity contribution in [3.05, 3.63) is 74.7 Å². The first-order valence-corrected chi connectivity index (χ1v) is 14.1. The van der Waals surface area contributed by atoms with Crippen molar-refractivity contribution in [2.24, 2.45) is 5.41 Å². The van der Waals surface area contributed by atoms with E-state index < -0.39 is 11.1 Å². The zero-order valence-electron chi connectivity index (χ0n) is 21.3. The number of hydrogen-bond acceptors (Lipinski definition) is 9. The van der Waals surface area contributed by atoms with Crippen molar-refractivity contribution in [3.63, 3.8) is 0 Å². The third-order valence-corrected chi connectivity index (χ3v) is 7.44. The smallest absolute Gasteiger partial charge is 0.131 e. The summed E-state index contributed by atoms with van der Waals surface area (Å²) in [7, 11) is 0. The molecule has 1 atom stereocenters. The van der Waals surface area contributed by atoms with Crippen molar-refractivity contribution in [1.82, 2.24) is 15.3 Å². The van der Waals surface area contributed by atoms with Crippen LogP contribution in [0.5, 0.6) is 5.75 Å². The van der Waals surface area contributed by atoms with Crippen LogP contribution in [0.4, 0.5) is 11.5 Å². The van der Waals surface area contributed by atoms with E-state index in [1.54, 1.807) is 30.6 Å². The quantitative estimate of drug-likeness (QED) is 0.228. The van der Waals surface area contributed by atoms with Crippen LogP contribution in [0.15, 0.2) is 36.7 Å². The van der Waals surface area contributed by atoms with Crippen LogP contribution in [0.3, 0.4) is 0 Å². The van der Waals surface area contributed by atoms with Crippen LogP contribution in [-0.4, -0.2) is 56.9 Å². The molecule has 1 unspecified atom stereocenters. The monoisotopic (exact) mass is 575 g/mol. The summed E-state index contributed by atoms with van der Waals surface area (Å²) in [5, 5.41) is 13.1. The second kappa shape index (κ2) is 11.5. The molecule has 9 nitrogen and oxygen atoms in total. The number of anilines is 2. The summed E-state index contributed by atoms with van der Waals surface area (Å²) in [6, 6.07) is 7.27. The van der Waals surface area contributed by atoms with Crippen LogP contribution in [0.2, 0.25) is 10.0 Å². The largest absolute Gasteiger partial charge is 0.773 e. The van der Waals surface area contributed by atoms with Crippen molar-refractivity contribution < 1.29 is 13.5 Å². The summed E-state index contributed by atoms with van der Waals surface area (Å²) in [5.74, 6) is 1.55. The van der Waals surface area contributed by atoms with Gasteiger partial charge in [-0.25, -0.2) is 4.98 Å². The van der Waals surface area contributed by atoms with Gasteiger partial charge in [-0.15, -0.1) is 0 Å². The molecule has 1 aromatic carbocycles. The van der Waals surface area contributed by atoms with Crippen molar-refractivity contribution >= 4 is 51.5 Å². The maximum atomic E-state index is 9.00. The van der Waals surface area contributed by atoms with Crippen LogP contribution >= 0.6 is 23.2 Å². The molecule has 0 amide bonds. The highest BCUT2D eigenvalue weighted by Gasteiger charge is 2.48. The van der Waals surface area contributed by atoms with Crippen molar-refractivity contribution in [1.29, 1.82) is 5.41 Å². The van der Waals surface area contributed by atoms with Crippen molar-refractivity contribution in [2.45, 2.75) is 20.5 Å². The zero-order chi connectivity index (χ0) is 27.6. The molecule has 2 aliphatic heterocycles. The molecule has 38 heavy (non-hydrogen) atoms. The molecule has 2 aromatic heterocycles. The molecule has 0 aliphatic carbocycles. The highest BCUT2D eigenvalue weighted by atomic mass is 35.5. The molecular formula is C26H29Cl2N6O3S-. The first-order chi connectivity index (χ1) is 18.0. The van der Waals surface area contributed by atoms with E-state index in [1.807, 2.05) is 19.9 Å². The van der Waals surface area contributed by atoms with E-state index in [1.165, 1.54) is 0 Å². The van der Waals surface area contributed by atoms with E-state index in [2.05, 4.69) is 20.2 Å². The highest BCUT2D eigenvalue weighted by molar-refractivity contribution is 7.78. The van der Waals surface area contributed by atoms with Gasteiger partial charge < -0.3 is 25.2 Å². The predicted octanol–water partition coefficient (Wildman–Crippen LogP) is 3.88. The van der Waals surface area contributed by atoms with Crippen LogP contribution in [0.25, 0.3) is 0 Å². The SMILES string of the molecule is CS(=O)[O-].Cc1cc(C(=N)c2cc(OCc3c(Cl)cnc(C)c3Cl)ccc2N)cnc1N1CC2(CNC2)C1. The van der Waals surface area contributed by atoms with E-state index in [-0.39, 0.29) is 6.61 Å². The molecule has 202 valence electrons. The van der Waals surface area contributed by atoms with Gasteiger partial charge in [0.2, 0.25) is 0 Å². The van der Waals surface area contributed by atoms with Gasteiger partial charge in [-0.1, -0.05) is 34.3 Å². The highest BCUT2D eigenvalue weighted by Crippen LogP contribution is 2.38. The average molecular weight is 577 g/mol. The minimum absolute atomic E-state index is 0.180. The maximum absolute atomic E-state index is 9.00. The Kier molecular flexibility index (Phi) is 8.59. The lowest BCUT2D eigenvalue weighted by molar-refractivity contribution is 0.120. The molecule has 4 heterocycles. The van der Waals surface area contributed by atoms with Crippen LogP contribution in [0.1, 0.15) is 27.9 Å². The number of nitrogens with zero attached hydrogens (tertiary/aromatic N) is 3. The molecule has 0 bridgehead atoms. The Morgan fingerprint density at radius 2 is 1.92 bits per heavy atom. The summed E-state index contributed by atoms with van der Waals surface area (Å²) in [6.07, 6.45) is 4.40. The molecule has 2 saturated heterocycles. The minimum atomic E-state index is -1.86. The van der Waals surface area contributed by atoms with Crippen molar-refractivity contribution in [3.8, 4) is 5.75 Å². The third-order valence-electron chi connectivity index (χ3n) is 6.61. The van der Waals surface area contributed by atoms with E-state index in [0.29, 0.717) is 55.0 Å². The average Bonchev–Trinajstić information content (AvgIpc) is 2.81. The Morgan fingerprint density at radius 1 is 1.24 bits per heavy atom. The second-order valence-corrected chi connectivity index (χ2v) is 11.2. The second-order valence-electron chi connectivity index (χ2n) is 9.62. The Bertz CT molecular complexity index is 1390. The fraction of sp³-hybridized carbons (Fsp3) is 0.346. The Morgan fingerprint density at radius 3 is 2.53 bits per heavy atom. The number of aryl methyl sites for hydroxylation is 2. The fourth-order valence-corrected chi connectivity index (χ4v) is 5.00. The Balaban J connectivity index is 0.000000786. The molecule has 2 aliphatic rings. The number of hydrogen-bond donors (Lipinski definition) is 3. The number of pyridine rings is 2. The van der Waals surface area contributed by atoms with Gasteiger partial charge >= 0.3 is 0 Å². The number of nitrogens with one attached hydrogen (secondary N) is 2. The molecule has 1 spiro atoms.